The van der Waals surface area contributed by atoms with Crippen LogP contribution >= 0.6 is 0 Å². The Morgan fingerprint density at radius 3 is 2.68 bits per heavy atom. The highest BCUT2D eigenvalue weighted by molar-refractivity contribution is 5.84. The Morgan fingerprint density at radius 1 is 1.47 bits per heavy atom. The van der Waals surface area contributed by atoms with Crippen molar-refractivity contribution in [3.63, 3.8) is 0 Å². The Morgan fingerprint density at radius 2 is 2.16 bits per heavy atom. The highest BCUT2D eigenvalue weighted by Gasteiger charge is 2.29. The molecule has 19 heavy (non-hydrogen) atoms. The van der Waals surface area contributed by atoms with E-state index in [9.17, 15) is 23.3 Å². The van der Waals surface area contributed by atoms with Gasteiger partial charge in [-0.25, -0.2) is 0 Å². The third-order valence-corrected chi connectivity index (χ3v) is 2.47. The molecule has 0 aliphatic carbocycles. The van der Waals surface area contributed by atoms with Crippen LogP contribution in [0.5, 0.6) is 5.75 Å². The number of ether oxygens (including phenoxy) is 1. The van der Waals surface area contributed by atoms with Crippen LogP contribution in [0, 0.1) is 10.1 Å². The molecule has 0 unspecified atom stereocenters. The summed E-state index contributed by atoms with van der Waals surface area (Å²) in [4.78, 5) is 10.1. The van der Waals surface area contributed by atoms with E-state index in [4.69, 9.17) is 4.74 Å². The first-order chi connectivity index (χ1) is 8.81. The zero-order chi connectivity index (χ0) is 14.2. The molecule has 102 valence electrons. The highest BCUT2D eigenvalue weighted by atomic mass is 19.4. The van der Waals surface area contributed by atoms with Gasteiger partial charge in [-0.15, -0.1) is 0 Å². The second-order valence-electron chi connectivity index (χ2n) is 3.76. The summed E-state index contributed by atoms with van der Waals surface area (Å²) in [5, 5.41) is 14.6. The first kappa shape index (κ1) is 13.1. The average Bonchev–Trinajstić information content (AvgIpc) is 2.67. The molecule has 0 bridgehead atoms. The van der Waals surface area contributed by atoms with Crippen molar-refractivity contribution in [2.45, 2.75) is 12.7 Å². The Hall–Kier alpha value is -2.32. The SMILES string of the molecule is COc1cc2c(cnn2CC(F)(F)F)cc1[N+](=O)[O-]. The molecule has 2 rings (SSSR count). The minimum absolute atomic E-state index is 0.110. The summed E-state index contributed by atoms with van der Waals surface area (Å²) in [6, 6.07) is 2.31. The summed E-state index contributed by atoms with van der Waals surface area (Å²) >= 11 is 0. The van der Waals surface area contributed by atoms with Crippen molar-refractivity contribution < 1.29 is 22.8 Å². The highest BCUT2D eigenvalue weighted by Crippen LogP contribution is 2.32. The van der Waals surface area contributed by atoms with E-state index in [1.165, 1.54) is 13.2 Å². The second kappa shape index (κ2) is 4.41. The molecular formula is C10H8F3N3O3. The lowest BCUT2D eigenvalue weighted by Crippen LogP contribution is -2.18. The molecule has 0 fully saturated rings. The third-order valence-electron chi connectivity index (χ3n) is 2.47. The summed E-state index contributed by atoms with van der Waals surface area (Å²) in [6.07, 6.45) is -3.28. The smallest absolute Gasteiger partial charge is 0.408 e. The van der Waals surface area contributed by atoms with Crippen LogP contribution in [0.2, 0.25) is 0 Å². The first-order valence-electron chi connectivity index (χ1n) is 5.06. The van der Waals surface area contributed by atoms with Crippen LogP contribution in [0.25, 0.3) is 10.9 Å². The average molecular weight is 275 g/mol. The van der Waals surface area contributed by atoms with Gasteiger partial charge in [0.15, 0.2) is 5.75 Å². The van der Waals surface area contributed by atoms with E-state index in [0.29, 0.717) is 0 Å². The number of methoxy groups -OCH3 is 1. The van der Waals surface area contributed by atoms with E-state index in [0.717, 1.165) is 16.9 Å². The van der Waals surface area contributed by atoms with E-state index >= 15 is 0 Å². The fraction of sp³-hybridized carbons (Fsp3) is 0.300. The van der Waals surface area contributed by atoms with Crippen molar-refractivity contribution >= 4 is 16.6 Å². The Labute approximate surface area is 104 Å². The number of benzene rings is 1. The van der Waals surface area contributed by atoms with Gasteiger partial charge in [-0.3, -0.25) is 14.8 Å². The minimum Gasteiger partial charge on any atom is -0.490 e. The van der Waals surface area contributed by atoms with E-state index in [1.54, 1.807) is 0 Å². The van der Waals surface area contributed by atoms with Crippen molar-refractivity contribution in [2.75, 3.05) is 7.11 Å². The lowest BCUT2D eigenvalue weighted by Gasteiger charge is -2.08. The summed E-state index contributed by atoms with van der Waals surface area (Å²) in [5.74, 6) is -0.110. The van der Waals surface area contributed by atoms with Gasteiger partial charge in [0, 0.05) is 17.5 Å². The Balaban J connectivity index is 2.57. The molecular weight excluding hydrogens is 267 g/mol. The third kappa shape index (κ3) is 2.59. The molecule has 0 saturated heterocycles. The summed E-state index contributed by atoms with van der Waals surface area (Å²) in [5.41, 5.74) is -0.193. The van der Waals surface area contributed by atoms with Crippen molar-refractivity contribution in [1.29, 1.82) is 0 Å². The summed E-state index contributed by atoms with van der Waals surface area (Å²) in [6.45, 7) is -1.27. The molecule has 0 aliphatic heterocycles. The molecule has 0 saturated carbocycles. The van der Waals surface area contributed by atoms with Gasteiger partial charge in [-0.2, -0.15) is 18.3 Å². The monoisotopic (exact) mass is 275 g/mol. The van der Waals surface area contributed by atoms with E-state index < -0.39 is 17.6 Å². The fourth-order valence-electron chi connectivity index (χ4n) is 1.70. The largest absolute Gasteiger partial charge is 0.490 e. The Bertz CT molecular complexity index is 636. The molecule has 6 nitrogen and oxygen atoms in total. The van der Waals surface area contributed by atoms with Crippen molar-refractivity contribution in [3.05, 3.63) is 28.4 Å². The van der Waals surface area contributed by atoms with Gasteiger partial charge in [-0.05, 0) is 0 Å². The molecule has 1 heterocycles. The van der Waals surface area contributed by atoms with Gasteiger partial charge in [0.1, 0.15) is 6.54 Å². The molecule has 0 radical (unpaired) electrons. The van der Waals surface area contributed by atoms with E-state index in [2.05, 4.69) is 5.10 Å². The summed E-state index contributed by atoms with van der Waals surface area (Å²) < 4.78 is 42.5. The molecule has 1 aromatic heterocycles. The molecule has 2 aromatic rings. The quantitative estimate of drug-likeness (QED) is 0.637. The molecule has 1 aromatic carbocycles. The molecule has 0 atom stereocenters. The van der Waals surface area contributed by atoms with Crippen LogP contribution < -0.4 is 4.74 Å². The van der Waals surface area contributed by atoms with Crippen molar-refractivity contribution in [3.8, 4) is 5.75 Å². The maximum atomic E-state index is 12.3. The maximum absolute atomic E-state index is 12.3. The first-order valence-corrected chi connectivity index (χ1v) is 5.06. The molecule has 9 heteroatoms. The van der Waals surface area contributed by atoms with Crippen LogP contribution in [-0.2, 0) is 6.54 Å². The number of halogens is 3. The standard InChI is InChI=1S/C10H8F3N3O3/c1-19-9-3-7-6(2-8(9)16(17)18)4-14-15(7)5-10(11,12)13/h2-4H,5H2,1H3. The van der Waals surface area contributed by atoms with Crippen LogP contribution in [0.1, 0.15) is 0 Å². The zero-order valence-electron chi connectivity index (χ0n) is 9.64. The predicted octanol–water partition coefficient (Wildman–Crippen LogP) is 2.52. The topological polar surface area (TPSA) is 70.2 Å². The number of hydrogen-bond donors (Lipinski definition) is 0. The van der Waals surface area contributed by atoms with E-state index in [-0.39, 0.29) is 22.3 Å². The predicted molar refractivity (Wildman–Crippen MR) is 59.0 cm³/mol. The van der Waals surface area contributed by atoms with Gasteiger partial charge >= 0.3 is 11.9 Å². The lowest BCUT2D eigenvalue weighted by atomic mass is 10.2. The summed E-state index contributed by atoms with van der Waals surface area (Å²) in [7, 11) is 1.21. The number of nitro groups is 1. The number of hydrogen-bond acceptors (Lipinski definition) is 4. The van der Waals surface area contributed by atoms with Gasteiger partial charge in [0.05, 0.1) is 23.7 Å². The molecule has 0 spiro atoms. The minimum atomic E-state index is -4.42. The van der Waals surface area contributed by atoms with E-state index in [1.807, 2.05) is 0 Å². The number of fused-ring (bicyclic) bond motifs is 1. The number of rotatable bonds is 3. The van der Waals surface area contributed by atoms with Crippen molar-refractivity contribution in [1.82, 2.24) is 9.78 Å². The number of alkyl halides is 3. The second-order valence-corrected chi connectivity index (χ2v) is 3.76. The van der Waals surface area contributed by atoms with Gasteiger partial charge in [0.25, 0.3) is 0 Å². The number of nitro benzene ring substituents is 1. The zero-order valence-corrected chi connectivity index (χ0v) is 9.64. The van der Waals surface area contributed by atoms with Crippen molar-refractivity contribution in [2.24, 2.45) is 0 Å². The number of nitrogens with zero attached hydrogens (tertiary/aromatic N) is 3. The maximum Gasteiger partial charge on any atom is 0.408 e. The molecule has 0 amide bonds. The van der Waals surface area contributed by atoms with Gasteiger partial charge in [-0.1, -0.05) is 0 Å². The van der Waals surface area contributed by atoms with Gasteiger partial charge < -0.3 is 4.74 Å². The van der Waals surface area contributed by atoms with Crippen LogP contribution in [-0.4, -0.2) is 28.0 Å². The van der Waals surface area contributed by atoms with Crippen LogP contribution in [0.15, 0.2) is 18.3 Å². The van der Waals surface area contributed by atoms with Crippen LogP contribution in [0.3, 0.4) is 0 Å². The molecule has 0 N–H and O–H groups in total. The van der Waals surface area contributed by atoms with Gasteiger partial charge in [0.2, 0.25) is 0 Å². The van der Waals surface area contributed by atoms with Crippen LogP contribution in [0.4, 0.5) is 18.9 Å². The molecule has 0 aliphatic rings. The Kier molecular flexibility index (Phi) is 3.05. The number of aromatic nitrogens is 2. The normalized spacial score (nSPS) is 11.8. The fourth-order valence-corrected chi connectivity index (χ4v) is 1.70. The lowest BCUT2D eigenvalue weighted by molar-refractivity contribution is -0.385.